The number of rotatable bonds is 5. The molecule has 2 fully saturated rings. The van der Waals surface area contributed by atoms with E-state index in [4.69, 9.17) is 0 Å². The summed E-state index contributed by atoms with van der Waals surface area (Å²) >= 11 is 0. The van der Waals surface area contributed by atoms with Crippen molar-refractivity contribution in [3.63, 3.8) is 0 Å². The highest BCUT2D eigenvalue weighted by Crippen LogP contribution is 2.35. The Morgan fingerprint density at radius 2 is 1.88 bits per heavy atom. The lowest BCUT2D eigenvalue weighted by Gasteiger charge is -2.32. The molecule has 3 atom stereocenters. The van der Waals surface area contributed by atoms with Gasteiger partial charge in [0.15, 0.2) is 0 Å². The molecule has 100 valence electrons. The molecule has 1 saturated heterocycles. The minimum absolute atomic E-state index is 0.123. The van der Waals surface area contributed by atoms with Crippen LogP contribution >= 0.6 is 0 Å². The topological polar surface area (TPSA) is 23.5 Å². The molecule has 2 aliphatic rings. The maximum absolute atomic E-state index is 10.2. The predicted octanol–water partition coefficient (Wildman–Crippen LogP) is 3.05. The number of β-amino-alcohol motifs (C(OH)–C–C–N with tert-alkyl or cyclic N) is 1. The molecular formula is C15H29NO. The average molecular weight is 239 g/mol. The predicted molar refractivity (Wildman–Crippen MR) is 72.0 cm³/mol. The highest BCUT2D eigenvalue weighted by Gasteiger charge is 2.34. The molecule has 0 aromatic heterocycles. The number of likely N-dealkylation sites (tertiary alicyclic amines) is 1. The van der Waals surface area contributed by atoms with E-state index >= 15 is 0 Å². The van der Waals surface area contributed by atoms with E-state index in [1.54, 1.807) is 0 Å². The normalized spacial score (nSPS) is 30.9. The first-order chi connectivity index (χ1) is 8.22. The minimum Gasteiger partial charge on any atom is -0.392 e. The van der Waals surface area contributed by atoms with E-state index in [1.807, 2.05) is 0 Å². The van der Waals surface area contributed by atoms with Crippen LogP contribution in [0.4, 0.5) is 0 Å². The van der Waals surface area contributed by atoms with Crippen molar-refractivity contribution in [2.24, 2.45) is 11.8 Å². The van der Waals surface area contributed by atoms with E-state index in [0.29, 0.717) is 5.92 Å². The molecular weight excluding hydrogens is 210 g/mol. The summed E-state index contributed by atoms with van der Waals surface area (Å²) in [6.45, 7) is 6.47. The van der Waals surface area contributed by atoms with Gasteiger partial charge in [0, 0.05) is 12.6 Å². The lowest BCUT2D eigenvalue weighted by molar-refractivity contribution is 0.0535. The molecule has 17 heavy (non-hydrogen) atoms. The summed E-state index contributed by atoms with van der Waals surface area (Å²) in [5.74, 6) is 1.38. The summed E-state index contributed by atoms with van der Waals surface area (Å²) in [6, 6.07) is 0.788. The fourth-order valence-electron chi connectivity index (χ4n) is 3.65. The summed E-state index contributed by atoms with van der Waals surface area (Å²) in [6.07, 6.45) is 9.41. The third kappa shape index (κ3) is 3.23. The molecule has 1 aliphatic heterocycles. The summed E-state index contributed by atoms with van der Waals surface area (Å²) in [5, 5.41) is 10.2. The molecule has 0 radical (unpaired) electrons. The van der Waals surface area contributed by atoms with Gasteiger partial charge in [0.2, 0.25) is 0 Å². The van der Waals surface area contributed by atoms with Gasteiger partial charge in [0.05, 0.1) is 6.10 Å². The monoisotopic (exact) mass is 239 g/mol. The number of hydrogen-bond acceptors (Lipinski definition) is 2. The Balaban J connectivity index is 1.86. The maximum Gasteiger partial charge on any atom is 0.0692 e. The SMILES string of the molecule is CCC(C)C(O)CN1CCCC1C1CCCC1. The first-order valence-corrected chi connectivity index (χ1v) is 7.64. The van der Waals surface area contributed by atoms with Gasteiger partial charge in [-0.1, -0.05) is 33.1 Å². The Hall–Kier alpha value is -0.0800. The third-order valence-electron chi connectivity index (χ3n) is 5.08. The van der Waals surface area contributed by atoms with Crippen molar-refractivity contribution in [1.82, 2.24) is 4.90 Å². The molecule has 2 heteroatoms. The number of hydrogen-bond donors (Lipinski definition) is 1. The summed E-state index contributed by atoms with van der Waals surface area (Å²) in [5.41, 5.74) is 0. The largest absolute Gasteiger partial charge is 0.392 e. The van der Waals surface area contributed by atoms with Crippen molar-refractivity contribution in [1.29, 1.82) is 0 Å². The van der Waals surface area contributed by atoms with Gasteiger partial charge in [-0.15, -0.1) is 0 Å². The number of aliphatic hydroxyl groups excluding tert-OH is 1. The Kier molecular flexibility index (Phi) is 4.87. The van der Waals surface area contributed by atoms with Crippen molar-refractivity contribution in [2.75, 3.05) is 13.1 Å². The van der Waals surface area contributed by atoms with E-state index in [1.165, 1.54) is 45.1 Å². The molecule has 0 spiro atoms. The molecule has 2 rings (SSSR count). The molecule has 1 saturated carbocycles. The fraction of sp³-hybridized carbons (Fsp3) is 1.00. The summed E-state index contributed by atoms with van der Waals surface area (Å²) in [7, 11) is 0. The molecule has 0 bridgehead atoms. The Morgan fingerprint density at radius 1 is 1.18 bits per heavy atom. The van der Waals surface area contributed by atoms with Crippen LogP contribution in [0.15, 0.2) is 0 Å². The van der Waals surface area contributed by atoms with Gasteiger partial charge in [-0.2, -0.15) is 0 Å². The van der Waals surface area contributed by atoms with E-state index in [-0.39, 0.29) is 6.10 Å². The molecule has 1 heterocycles. The van der Waals surface area contributed by atoms with Crippen LogP contribution in [0.1, 0.15) is 58.8 Å². The zero-order chi connectivity index (χ0) is 12.3. The third-order valence-corrected chi connectivity index (χ3v) is 5.08. The van der Waals surface area contributed by atoms with Crippen LogP contribution in [0.25, 0.3) is 0 Å². The van der Waals surface area contributed by atoms with Gasteiger partial charge >= 0.3 is 0 Å². The van der Waals surface area contributed by atoms with Crippen LogP contribution in [0, 0.1) is 11.8 Å². The zero-order valence-electron chi connectivity index (χ0n) is 11.6. The molecule has 0 amide bonds. The Bertz CT molecular complexity index is 225. The molecule has 0 aromatic rings. The van der Waals surface area contributed by atoms with Crippen LogP contribution in [0.2, 0.25) is 0 Å². The second kappa shape index (κ2) is 6.19. The van der Waals surface area contributed by atoms with Crippen LogP contribution in [-0.2, 0) is 0 Å². The molecule has 1 N–H and O–H groups in total. The lowest BCUT2D eigenvalue weighted by Crippen LogP contribution is -2.41. The average Bonchev–Trinajstić information content (AvgIpc) is 2.97. The summed E-state index contributed by atoms with van der Waals surface area (Å²) in [4.78, 5) is 2.59. The van der Waals surface area contributed by atoms with E-state index in [0.717, 1.165) is 24.9 Å². The van der Waals surface area contributed by atoms with Gasteiger partial charge in [-0.25, -0.2) is 0 Å². The number of nitrogens with zero attached hydrogens (tertiary/aromatic N) is 1. The number of aliphatic hydroxyl groups is 1. The van der Waals surface area contributed by atoms with Crippen LogP contribution in [0.5, 0.6) is 0 Å². The van der Waals surface area contributed by atoms with Gasteiger partial charge in [-0.05, 0) is 44.1 Å². The first-order valence-electron chi connectivity index (χ1n) is 7.64. The zero-order valence-corrected chi connectivity index (χ0v) is 11.6. The van der Waals surface area contributed by atoms with Gasteiger partial charge in [0.25, 0.3) is 0 Å². The van der Waals surface area contributed by atoms with E-state index < -0.39 is 0 Å². The maximum atomic E-state index is 10.2. The van der Waals surface area contributed by atoms with E-state index in [9.17, 15) is 5.11 Å². The van der Waals surface area contributed by atoms with Crippen molar-refractivity contribution in [2.45, 2.75) is 70.9 Å². The minimum atomic E-state index is -0.123. The van der Waals surface area contributed by atoms with Crippen molar-refractivity contribution in [3.05, 3.63) is 0 Å². The van der Waals surface area contributed by atoms with Crippen molar-refractivity contribution >= 4 is 0 Å². The standard InChI is InChI=1S/C15H29NO/c1-3-12(2)15(17)11-16-10-6-9-14(16)13-7-4-5-8-13/h12-15,17H,3-11H2,1-2H3. The molecule has 3 unspecified atom stereocenters. The molecule has 1 aliphatic carbocycles. The van der Waals surface area contributed by atoms with Crippen LogP contribution in [0.3, 0.4) is 0 Å². The lowest BCUT2D eigenvalue weighted by atomic mass is 9.95. The summed E-state index contributed by atoms with van der Waals surface area (Å²) < 4.78 is 0. The van der Waals surface area contributed by atoms with Crippen LogP contribution in [-0.4, -0.2) is 35.2 Å². The highest BCUT2D eigenvalue weighted by atomic mass is 16.3. The van der Waals surface area contributed by atoms with E-state index in [2.05, 4.69) is 18.7 Å². The van der Waals surface area contributed by atoms with Gasteiger partial charge in [0.1, 0.15) is 0 Å². The Labute approximate surface area is 106 Å². The smallest absolute Gasteiger partial charge is 0.0692 e. The molecule has 0 aromatic carbocycles. The fourth-order valence-corrected chi connectivity index (χ4v) is 3.65. The van der Waals surface area contributed by atoms with Crippen LogP contribution < -0.4 is 0 Å². The second-order valence-electron chi connectivity index (χ2n) is 6.20. The highest BCUT2D eigenvalue weighted by molar-refractivity contribution is 4.88. The Morgan fingerprint density at radius 3 is 2.53 bits per heavy atom. The van der Waals surface area contributed by atoms with Gasteiger partial charge in [-0.3, -0.25) is 4.90 Å². The second-order valence-corrected chi connectivity index (χ2v) is 6.20. The first kappa shape index (κ1) is 13.4. The van der Waals surface area contributed by atoms with Gasteiger partial charge < -0.3 is 5.11 Å². The quantitative estimate of drug-likeness (QED) is 0.797. The van der Waals surface area contributed by atoms with Crippen molar-refractivity contribution in [3.8, 4) is 0 Å². The molecule has 2 nitrogen and oxygen atoms in total. The van der Waals surface area contributed by atoms with Crippen molar-refractivity contribution < 1.29 is 5.11 Å².